The maximum Gasteiger partial charge on any atom is 0.397 e. The normalized spacial score (nSPS) is 19.6. The molecule has 0 spiro atoms. The van der Waals surface area contributed by atoms with Crippen LogP contribution in [0.3, 0.4) is 0 Å². The van der Waals surface area contributed by atoms with Crippen molar-refractivity contribution in [2.24, 2.45) is 0 Å². The number of hydrogen-bond donors (Lipinski definition) is 4. The Morgan fingerprint density at radius 2 is 0.955 bits per heavy atom. The van der Waals surface area contributed by atoms with Gasteiger partial charge in [0.2, 0.25) is 0 Å². The van der Waals surface area contributed by atoms with Crippen molar-refractivity contribution in [3.8, 4) is 0 Å². The van der Waals surface area contributed by atoms with E-state index in [4.69, 9.17) is 18.9 Å². The summed E-state index contributed by atoms with van der Waals surface area (Å²) in [6.45, 7) is 4.02. The van der Waals surface area contributed by atoms with Gasteiger partial charge in [0.1, 0.15) is 30.5 Å². The van der Waals surface area contributed by atoms with E-state index in [0.29, 0.717) is 13.0 Å². The first-order valence-corrected chi connectivity index (χ1v) is 28.5. The van der Waals surface area contributed by atoms with Crippen LogP contribution in [0.1, 0.15) is 245 Å². The topological polar surface area (TPSA) is 178 Å². The third-order valence-corrected chi connectivity index (χ3v) is 13.0. The van der Waals surface area contributed by atoms with Gasteiger partial charge in [-0.25, -0.2) is 4.18 Å². The number of allylic oxidation sites excluding steroid dienone is 4. The lowest BCUT2D eigenvalue weighted by Gasteiger charge is -2.41. The molecule has 390 valence electrons. The first kappa shape index (κ1) is 62.6. The SMILES string of the molecule is CCCCCCCC/C=C\CCCCCCCCCCCCOCC(COC1OC(CO)C(O)C(OS(=O)(=O)O)C1O)OC(=O)CCCCCCCCCCC/C=C\CCCCCCCC. The zero-order valence-corrected chi connectivity index (χ0v) is 42.8. The maximum absolute atomic E-state index is 12.9. The second-order valence-electron chi connectivity index (χ2n) is 18.8. The molecule has 1 heterocycles. The van der Waals surface area contributed by atoms with Crippen LogP contribution in [0.4, 0.5) is 0 Å². The fourth-order valence-corrected chi connectivity index (χ4v) is 8.94. The molecule has 12 nitrogen and oxygen atoms in total. The highest BCUT2D eigenvalue weighted by Crippen LogP contribution is 2.26. The van der Waals surface area contributed by atoms with Crippen molar-refractivity contribution in [3.63, 3.8) is 0 Å². The van der Waals surface area contributed by atoms with E-state index in [1.54, 1.807) is 0 Å². The molecule has 0 amide bonds. The van der Waals surface area contributed by atoms with Crippen molar-refractivity contribution >= 4 is 16.4 Å². The van der Waals surface area contributed by atoms with E-state index in [0.717, 1.165) is 38.5 Å². The maximum atomic E-state index is 12.9. The second kappa shape index (κ2) is 44.8. The molecular weight excluding hydrogens is 861 g/mol. The van der Waals surface area contributed by atoms with E-state index >= 15 is 0 Å². The Hall–Kier alpha value is -1.42. The van der Waals surface area contributed by atoms with Crippen LogP contribution in [0, 0.1) is 0 Å². The molecular formula is C53H100O12S. The number of ether oxygens (including phenoxy) is 4. The van der Waals surface area contributed by atoms with Crippen molar-refractivity contribution in [3.05, 3.63) is 24.3 Å². The lowest BCUT2D eigenvalue weighted by atomic mass is 9.99. The Bertz CT molecular complexity index is 1250. The number of esters is 1. The first-order valence-electron chi connectivity index (χ1n) is 27.1. The van der Waals surface area contributed by atoms with Crippen molar-refractivity contribution in [1.29, 1.82) is 0 Å². The van der Waals surface area contributed by atoms with E-state index in [2.05, 4.69) is 42.3 Å². The van der Waals surface area contributed by atoms with Crippen LogP contribution < -0.4 is 0 Å². The van der Waals surface area contributed by atoms with Crippen molar-refractivity contribution in [2.45, 2.75) is 282 Å². The van der Waals surface area contributed by atoms with Crippen molar-refractivity contribution in [1.82, 2.24) is 0 Å². The highest BCUT2D eigenvalue weighted by Gasteiger charge is 2.48. The van der Waals surface area contributed by atoms with E-state index in [-0.39, 0.29) is 19.6 Å². The van der Waals surface area contributed by atoms with Gasteiger partial charge in [0.05, 0.1) is 19.8 Å². The van der Waals surface area contributed by atoms with Gasteiger partial charge in [-0.1, -0.05) is 199 Å². The summed E-state index contributed by atoms with van der Waals surface area (Å²) in [6.07, 6.45) is 43.5. The zero-order chi connectivity index (χ0) is 48.2. The van der Waals surface area contributed by atoms with Gasteiger partial charge in [-0.05, 0) is 64.2 Å². The second-order valence-corrected chi connectivity index (χ2v) is 19.9. The Balaban J connectivity index is 2.33. The summed E-state index contributed by atoms with van der Waals surface area (Å²) in [7, 11) is -5.06. The van der Waals surface area contributed by atoms with Crippen LogP contribution in [0.15, 0.2) is 24.3 Å². The van der Waals surface area contributed by atoms with E-state index in [1.165, 1.54) is 180 Å². The van der Waals surface area contributed by atoms with Gasteiger partial charge in [-0.3, -0.25) is 9.35 Å². The van der Waals surface area contributed by atoms with Crippen LogP contribution >= 0.6 is 0 Å². The molecule has 0 saturated carbocycles. The minimum atomic E-state index is -5.06. The van der Waals surface area contributed by atoms with Gasteiger partial charge in [-0.15, -0.1) is 0 Å². The van der Waals surface area contributed by atoms with Crippen LogP contribution in [-0.4, -0.2) is 97.5 Å². The van der Waals surface area contributed by atoms with Gasteiger partial charge in [0, 0.05) is 13.0 Å². The molecule has 0 aliphatic carbocycles. The number of hydrogen-bond acceptors (Lipinski definition) is 11. The standard InChI is InChI=1S/C53H100O12S/c1-3-5-7-9-11-13-15-17-19-21-23-25-27-29-31-33-35-37-39-41-43-61-45-47(46-62-53-51(57)52(65-66(58,59)60)50(56)48(44-54)64-53)63-49(55)42-40-38-36-34-32-30-28-26-24-22-20-18-16-14-12-10-8-6-4-2/h17-20,47-48,50-54,56-57H,3-16,21-46H2,1-2H3,(H,58,59,60)/b19-17-,20-18-. The Morgan fingerprint density at radius 3 is 1.36 bits per heavy atom. The lowest BCUT2D eigenvalue weighted by Crippen LogP contribution is -2.60. The number of unbranched alkanes of at least 4 members (excludes halogenated alkanes) is 31. The summed E-state index contributed by atoms with van der Waals surface area (Å²) < 4.78 is 59.3. The summed E-state index contributed by atoms with van der Waals surface area (Å²) in [5.41, 5.74) is 0. The van der Waals surface area contributed by atoms with E-state index < -0.39 is 59.8 Å². The Kier molecular flexibility index (Phi) is 42.5. The molecule has 6 atom stereocenters. The molecule has 13 heteroatoms. The molecule has 6 unspecified atom stereocenters. The molecule has 1 rings (SSSR count). The largest absolute Gasteiger partial charge is 0.457 e. The van der Waals surface area contributed by atoms with Gasteiger partial charge in [0.25, 0.3) is 0 Å². The number of rotatable bonds is 48. The average molecular weight is 961 g/mol. The monoisotopic (exact) mass is 961 g/mol. The molecule has 0 aromatic carbocycles. The first-order chi connectivity index (χ1) is 32.1. The van der Waals surface area contributed by atoms with Crippen LogP contribution in [-0.2, 0) is 38.3 Å². The number of carbonyl (C=O) groups is 1. The molecule has 1 aliphatic rings. The Labute approximate surface area is 403 Å². The molecule has 4 N–H and O–H groups in total. The fourth-order valence-electron chi connectivity index (χ4n) is 8.43. The predicted octanol–water partition coefficient (Wildman–Crippen LogP) is 12.8. The van der Waals surface area contributed by atoms with Crippen molar-refractivity contribution < 1.29 is 56.2 Å². The summed E-state index contributed by atoms with van der Waals surface area (Å²) in [5.74, 6) is -0.398. The third kappa shape index (κ3) is 37.5. The van der Waals surface area contributed by atoms with Crippen LogP contribution in [0.25, 0.3) is 0 Å². The highest BCUT2D eigenvalue weighted by molar-refractivity contribution is 7.80. The molecule has 0 radical (unpaired) electrons. The molecule has 0 aromatic rings. The fraction of sp³-hybridized carbons (Fsp3) is 0.906. The van der Waals surface area contributed by atoms with Crippen LogP contribution in [0.5, 0.6) is 0 Å². The van der Waals surface area contributed by atoms with E-state index in [1.807, 2.05) is 0 Å². The summed E-state index contributed by atoms with van der Waals surface area (Å²) in [5, 5.41) is 30.8. The van der Waals surface area contributed by atoms with Crippen LogP contribution in [0.2, 0.25) is 0 Å². The minimum absolute atomic E-state index is 0.0377. The molecule has 1 aliphatic heterocycles. The smallest absolute Gasteiger partial charge is 0.397 e. The van der Waals surface area contributed by atoms with Gasteiger partial charge in [-0.2, -0.15) is 8.42 Å². The highest BCUT2D eigenvalue weighted by atomic mass is 32.3. The molecule has 1 saturated heterocycles. The van der Waals surface area contributed by atoms with E-state index in [9.17, 15) is 33.1 Å². The average Bonchev–Trinajstić information content (AvgIpc) is 3.29. The predicted molar refractivity (Wildman–Crippen MR) is 267 cm³/mol. The quantitative estimate of drug-likeness (QED) is 0.0197. The molecule has 66 heavy (non-hydrogen) atoms. The lowest BCUT2D eigenvalue weighted by molar-refractivity contribution is -0.301. The minimum Gasteiger partial charge on any atom is -0.457 e. The molecule has 0 aromatic heterocycles. The Morgan fingerprint density at radius 1 is 0.561 bits per heavy atom. The number of aliphatic hydroxyl groups excluding tert-OH is 3. The molecule has 1 fully saturated rings. The molecule has 0 bridgehead atoms. The van der Waals surface area contributed by atoms with Crippen molar-refractivity contribution in [2.75, 3.05) is 26.4 Å². The summed E-state index contributed by atoms with van der Waals surface area (Å²) in [6, 6.07) is 0. The van der Waals surface area contributed by atoms with Gasteiger partial charge in [0.15, 0.2) is 6.29 Å². The van der Waals surface area contributed by atoms with Gasteiger partial charge >= 0.3 is 16.4 Å². The number of carbonyl (C=O) groups excluding carboxylic acids is 1. The third-order valence-electron chi connectivity index (χ3n) is 12.5. The van der Waals surface area contributed by atoms with Gasteiger partial charge < -0.3 is 34.3 Å². The zero-order valence-electron chi connectivity index (χ0n) is 42.0. The number of aliphatic hydroxyl groups is 3. The summed E-state index contributed by atoms with van der Waals surface area (Å²) >= 11 is 0. The summed E-state index contributed by atoms with van der Waals surface area (Å²) in [4.78, 5) is 12.9.